The van der Waals surface area contributed by atoms with Gasteiger partial charge in [0.25, 0.3) is 5.91 Å². The lowest BCUT2D eigenvalue weighted by Crippen LogP contribution is -2.50. The molecular weight excluding hydrogens is 380 g/mol. The molecule has 2 aromatic heterocycles. The molecule has 2 amide bonds. The fourth-order valence-corrected chi connectivity index (χ4v) is 3.37. The Hall–Kier alpha value is -3.52. The van der Waals surface area contributed by atoms with Crippen molar-refractivity contribution in [2.24, 2.45) is 5.73 Å². The number of carbonyl (C=O) groups excluding carboxylic acids is 2. The van der Waals surface area contributed by atoms with E-state index in [4.69, 9.17) is 5.73 Å². The Morgan fingerprint density at radius 1 is 1.13 bits per heavy atom. The second kappa shape index (κ2) is 8.08. The van der Waals surface area contributed by atoms with Gasteiger partial charge in [0, 0.05) is 56.0 Å². The predicted octanol–water partition coefficient (Wildman–Crippen LogP) is 1.62. The van der Waals surface area contributed by atoms with Crippen LogP contribution in [0.3, 0.4) is 0 Å². The number of aromatic nitrogens is 3. The lowest BCUT2D eigenvalue weighted by atomic mass is 10.2. The van der Waals surface area contributed by atoms with E-state index in [-0.39, 0.29) is 18.4 Å². The molecule has 0 radical (unpaired) electrons. The van der Waals surface area contributed by atoms with E-state index in [9.17, 15) is 9.59 Å². The highest BCUT2D eigenvalue weighted by Gasteiger charge is 2.28. The molecular formula is C22H24N6O2. The molecule has 0 spiro atoms. The number of pyridine rings is 1. The number of benzene rings is 1. The van der Waals surface area contributed by atoms with Gasteiger partial charge in [0.05, 0.1) is 0 Å². The summed E-state index contributed by atoms with van der Waals surface area (Å²) >= 11 is 0. The quantitative estimate of drug-likeness (QED) is 0.713. The molecule has 1 fully saturated rings. The van der Waals surface area contributed by atoms with E-state index in [2.05, 4.69) is 9.97 Å². The fraction of sp³-hybridized carbons (Fsp3) is 0.273. The summed E-state index contributed by atoms with van der Waals surface area (Å²) in [6.07, 6.45) is 3.47. The van der Waals surface area contributed by atoms with E-state index in [1.54, 1.807) is 29.2 Å². The summed E-state index contributed by atoms with van der Waals surface area (Å²) in [6, 6.07) is 11.6. The summed E-state index contributed by atoms with van der Waals surface area (Å²) in [7, 11) is 1.74. The molecule has 1 aromatic carbocycles. The maximum atomic E-state index is 13.1. The van der Waals surface area contributed by atoms with E-state index in [0.717, 1.165) is 22.5 Å². The van der Waals surface area contributed by atoms with Crippen LogP contribution in [0.25, 0.3) is 17.1 Å². The van der Waals surface area contributed by atoms with Gasteiger partial charge in [-0.3, -0.25) is 19.1 Å². The topological polar surface area (TPSA) is 97.4 Å². The van der Waals surface area contributed by atoms with Gasteiger partial charge < -0.3 is 15.5 Å². The number of rotatable bonds is 4. The summed E-state index contributed by atoms with van der Waals surface area (Å²) in [5, 5.41) is 0. The van der Waals surface area contributed by atoms with E-state index < -0.39 is 0 Å². The molecule has 8 heteroatoms. The van der Waals surface area contributed by atoms with Crippen molar-refractivity contribution in [3.8, 4) is 17.1 Å². The van der Waals surface area contributed by atoms with Crippen molar-refractivity contribution >= 4 is 11.8 Å². The first-order chi connectivity index (χ1) is 14.5. The van der Waals surface area contributed by atoms with Gasteiger partial charge in [-0.05, 0) is 36.8 Å². The first-order valence-corrected chi connectivity index (χ1v) is 9.81. The summed E-state index contributed by atoms with van der Waals surface area (Å²) < 4.78 is 1.87. The molecule has 0 bridgehead atoms. The van der Waals surface area contributed by atoms with Crippen LogP contribution in [0.5, 0.6) is 0 Å². The molecule has 30 heavy (non-hydrogen) atoms. The highest BCUT2D eigenvalue weighted by molar-refractivity contribution is 5.96. The Balaban J connectivity index is 1.74. The molecule has 0 aliphatic carbocycles. The molecule has 0 saturated carbocycles. The third kappa shape index (κ3) is 3.81. The molecule has 3 aromatic rings. The van der Waals surface area contributed by atoms with Crippen molar-refractivity contribution in [2.75, 3.05) is 26.7 Å². The first kappa shape index (κ1) is 19.8. The normalized spacial score (nSPS) is 14.3. The average Bonchev–Trinajstić information content (AvgIpc) is 3.21. The second-order valence-corrected chi connectivity index (χ2v) is 7.42. The number of imidazole rings is 1. The Kier molecular flexibility index (Phi) is 5.33. The molecule has 2 N–H and O–H groups in total. The van der Waals surface area contributed by atoms with E-state index >= 15 is 0 Å². The van der Waals surface area contributed by atoms with E-state index in [1.807, 2.05) is 47.9 Å². The monoisotopic (exact) mass is 404 g/mol. The Morgan fingerprint density at radius 2 is 1.90 bits per heavy atom. The molecule has 0 atom stereocenters. The zero-order chi connectivity index (χ0) is 21.3. The number of hydrogen-bond acceptors (Lipinski definition) is 5. The standard InChI is InChI=1S/C22H24N6O2/c1-15-3-6-17(12-24-15)21-25-19(22(30)27-10-9-26(2)20(29)14-27)13-28(21)18-7-4-16(11-23)5-8-18/h3-8,12-13H,9-11,14,23H2,1-2H3. The number of aryl methyl sites for hydroxylation is 1. The molecule has 1 saturated heterocycles. The summed E-state index contributed by atoms with van der Waals surface area (Å²) in [5.74, 6) is 0.288. The van der Waals surface area contributed by atoms with Gasteiger partial charge in [-0.15, -0.1) is 0 Å². The molecule has 0 unspecified atom stereocenters. The van der Waals surface area contributed by atoms with Crippen molar-refractivity contribution in [2.45, 2.75) is 13.5 Å². The van der Waals surface area contributed by atoms with Crippen LogP contribution in [0, 0.1) is 6.92 Å². The van der Waals surface area contributed by atoms with Crippen LogP contribution in [0.1, 0.15) is 21.7 Å². The number of hydrogen-bond donors (Lipinski definition) is 1. The van der Waals surface area contributed by atoms with Gasteiger partial charge in [-0.1, -0.05) is 12.1 Å². The van der Waals surface area contributed by atoms with E-state index in [1.165, 1.54) is 0 Å². The Morgan fingerprint density at radius 3 is 2.53 bits per heavy atom. The summed E-state index contributed by atoms with van der Waals surface area (Å²) in [5.41, 5.74) is 9.59. The van der Waals surface area contributed by atoms with Gasteiger partial charge in [-0.25, -0.2) is 4.98 Å². The van der Waals surface area contributed by atoms with Crippen LogP contribution >= 0.6 is 0 Å². The predicted molar refractivity (Wildman–Crippen MR) is 113 cm³/mol. The second-order valence-electron chi connectivity index (χ2n) is 7.42. The Labute approximate surface area is 175 Å². The molecule has 3 heterocycles. The van der Waals surface area contributed by atoms with Crippen molar-refractivity contribution in [1.29, 1.82) is 0 Å². The van der Waals surface area contributed by atoms with Crippen LogP contribution in [-0.4, -0.2) is 62.8 Å². The fourth-order valence-electron chi connectivity index (χ4n) is 3.37. The average molecular weight is 404 g/mol. The summed E-state index contributed by atoms with van der Waals surface area (Å²) in [4.78, 5) is 37.3. The first-order valence-electron chi connectivity index (χ1n) is 9.81. The molecule has 1 aliphatic heterocycles. The van der Waals surface area contributed by atoms with Crippen LogP contribution in [0.4, 0.5) is 0 Å². The zero-order valence-corrected chi connectivity index (χ0v) is 17.1. The highest BCUT2D eigenvalue weighted by atomic mass is 16.2. The van der Waals surface area contributed by atoms with Gasteiger partial charge in [-0.2, -0.15) is 0 Å². The lowest BCUT2D eigenvalue weighted by molar-refractivity contribution is -0.133. The number of nitrogens with zero attached hydrogens (tertiary/aromatic N) is 5. The van der Waals surface area contributed by atoms with Crippen molar-refractivity contribution in [1.82, 2.24) is 24.3 Å². The number of carbonyl (C=O) groups is 2. The van der Waals surface area contributed by atoms with E-state index in [0.29, 0.717) is 31.2 Å². The van der Waals surface area contributed by atoms with Gasteiger partial charge in [0.15, 0.2) is 0 Å². The van der Waals surface area contributed by atoms with Crippen molar-refractivity contribution in [3.63, 3.8) is 0 Å². The SMILES string of the molecule is Cc1ccc(-c2nc(C(=O)N3CCN(C)C(=O)C3)cn2-c2ccc(CN)cc2)cn1. The number of likely N-dealkylation sites (N-methyl/N-ethyl adjacent to an activating group) is 1. The minimum atomic E-state index is -0.255. The van der Waals surface area contributed by atoms with Crippen molar-refractivity contribution < 1.29 is 9.59 Å². The largest absolute Gasteiger partial charge is 0.342 e. The number of amides is 2. The Bertz CT molecular complexity index is 1070. The molecule has 4 rings (SSSR count). The molecule has 1 aliphatic rings. The van der Waals surface area contributed by atoms with Gasteiger partial charge in [0.1, 0.15) is 18.1 Å². The van der Waals surface area contributed by atoms with Crippen LogP contribution in [0.15, 0.2) is 48.8 Å². The van der Waals surface area contributed by atoms with Crippen LogP contribution in [-0.2, 0) is 11.3 Å². The smallest absolute Gasteiger partial charge is 0.274 e. The lowest BCUT2D eigenvalue weighted by Gasteiger charge is -2.31. The van der Waals surface area contributed by atoms with Crippen molar-refractivity contribution in [3.05, 3.63) is 65.7 Å². The molecule has 8 nitrogen and oxygen atoms in total. The van der Waals surface area contributed by atoms with Gasteiger partial charge >= 0.3 is 0 Å². The highest BCUT2D eigenvalue weighted by Crippen LogP contribution is 2.24. The van der Waals surface area contributed by atoms with Gasteiger partial charge in [0.2, 0.25) is 5.91 Å². The minimum absolute atomic E-state index is 0.0643. The van der Waals surface area contributed by atoms with Crippen LogP contribution < -0.4 is 5.73 Å². The summed E-state index contributed by atoms with van der Waals surface area (Å²) in [6.45, 7) is 3.44. The number of piperazine rings is 1. The van der Waals surface area contributed by atoms with Crippen LogP contribution in [0.2, 0.25) is 0 Å². The maximum Gasteiger partial charge on any atom is 0.274 e. The molecule has 154 valence electrons. The number of nitrogens with two attached hydrogens (primary N) is 1. The zero-order valence-electron chi connectivity index (χ0n) is 17.1. The third-order valence-corrected chi connectivity index (χ3v) is 5.29. The third-order valence-electron chi connectivity index (χ3n) is 5.29. The minimum Gasteiger partial charge on any atom is -0.342 e. The maximum absolute atomic E-state index is 13.1.